The van der Waals surface area contributed by atoms with Crippen LogP contribution in [0.2, 0.25) is 0 Å². The fourth-order valence-electron chi connectivity index (χ4n) is 2.53. The van der Waals surface area contributed by atoms with E-state index < -0.39 is 30.4 Å². The minimum Gasteiger partial charge on any atom is -0.466 e. The lowest BCUT2D eigenvalue weighted by Crippen LogP contribution is -2.36. The Balaban J connectivity index is 4.29. The zero-order chi connectivity index (χ0) is 19.3. The number of hydrogen-bond acceptors (Lipinski definition) is 2. The van der Waals surface area contributed by atoms with Gasteiger partial charge in [0.15, 0.2) is 0 Å². The van der Waals surface area contributed by atoms with Gasteiger partial charge in [-0.2, -0.15) is 22.0 Å². The van der Waals surface area contributed by atoms with E-state index in [1.807, 2.05) is 13.0 Å². The zero-order valence-corrected chi connectivity index (χ0v) is 15.0. The molecule has 0 bridgehead atoms. The lowest BCUT2D eigenvalue weighted by atomic mass is 9.94. The molecule has 0 heterocycles. The minimum atomic E-state index is -5.54. The predicted molar refractivity (Wildman–Crippen MR) is 87.5 cm³/mol. The number of esters is 1. The highest BCUT2D eigenvalue weighted by molar-refractivity contribution is 5.72. The second kappa shape index (κ2) is 12.3. The van der Waals surface area contributed by atoms with Crippen molar-refractivity contribution in [3.05, 3.63) is 12.2 Å². The summed E-state index contributed by atoms with van der Waals surface area (Å²) in [6, 6.07) is 0. The number of unbranched alkanes of at least 4 members (excludes halogenated alkanes) is 4. The van der Waals surface area contributed by atoms with E-state index >= 15 is 0 Å². The molecule has 0 aromatic rings. The predicted octanol–water partition coefficient (Wildman–Crippen LogP) is 6.45. The molecule has 0 amide bonds. The molecule has 1 atom stereocenters. The van der Waals surface area contributed by atoms with Crippen molar-refractivity contribution >= 4 is 5.97 Å². The first kappa shape index (κ1) is 23.9. The Kier molecular flexibility index (Phi) is 11.7. The van der Waals surface area contributed by atoms with Crippen molar-refractivity contribution in [3.8, 4) is 0 Å². The molecule has 0 saturated carbocycles. The third kappa shape index (κ3) is 10.4. The molecule has 0 aromatic heterocycles. The van der Waals surface area contributed by atoms with Crippen molar-refractivity contribution in [2.24, 2.45) is 5.92 Å². The van der Waals surface area contributed by atoms with Gasteiger partial charge in [0.25, 0.3) is 0 Å². The van der Waals surface area contributed by atoms with Gasteiger partial charge in [-0.1, -0.05) is 31.4 Å². The summed E-state index contributed by atoms with van der Waals surface area (Å²) in [6.07, 6.45) is 1.94. The molecule has 1 unspecified atom stereocenters. The molecule has 7 heteroatoms. The Morgan fingerprint density at radius 1 is 1.00 bits per heavy atom. The Morgan fingerprint density at radius 2 is 1.60 bits per heavy atom. The normalized spacial score (nSPS) is 14.0. The van der Waals surface area contributed by atoms with Crippen molar-refractivity contribution in [1.82, 2.24) is 0 Å². The lowest BCUT2D eigenvalue weighted by Gasteiger charge is -2.21. The van der Waals surface area contributed by atoms with Gasteiger partial charge in [-0.15, -0.1) is 0 Å². The van der Waals surface area contributed by atoms with Gasteiger partial charge < -0.3 is 4.74 Å². The van der Waals surface area contributed by atoms with Crippen LogP contribution in [0.4, 0.5) is 22.0 Å². The largest absolute Gasteiger partial charge is 0.466 e. The van der Waals surface area contributed by atoms with E-state index in [1.54, 1.807) is 6.92 Å². The summed E-state index contributed by atoms with van der Waals surface area (Å²) >= 11 is 0. The molecule has 0 aromatic carbocycles. The number of ether oxygens (including phenoxy) is 1. The minimum absolute atomic E-state index is 0.0108. The summed E-state index contributed by atoms with van der Waals surface area (Å²) in [4.78, 5) is 11.9. The average Bonchev–Trinajstić information content (AvgIpc) is 2.51. The molecule has 148 valence electrons. The molecule has 25 heavy (non-hydrogen) atoms. The van der Waals surface area contributed by atoms with E-state index in [2.05, 4.69) is 6.08 Å². The summed E-state index contributed by atoms with van der Waals surface area (Å²) in [5, 5.41) is 0. The smallest absolute Gasteiger partial charge is 0.453 e. The first-order valence-electron chi connectivity index (χ1n) is 8.88. The van der Waals surface area contributed by atoms with Gasteiger partial charge in [0.2, 0.25) is 0 Å². The molecule has 0 radical (unpaired) electrons. The molecular weight excluding hydrogens is 343 g/mol. The number of halogens is 5. The second-order valence-corrected chi connectivity index (χ2v) is 6.10. The van der Waals surface area contributed by atoms with Crippen LogP contribution in [0.15, 0.2) is 12.2 Å². The van der Waals surface area contributed by atoms with Gasteiger partial charge in [0.05, 0.1) is 12.5 Å². The Morgan fingerprint density at radius 3 is 2.16 bits per heavy atom. The number of carbonyl (C=O) groups is 1. The van der Waals surface area contributed by atoms with Crippen molar-refractivity contribution < 1.29 is 31.5 Å². The molecule has 2 nitrogen and oxygen atoms in total. The Labute approximate surface area is 146 Å². The summed E-state index contributed by atoms with van der Waals surface area (Å²) < 4.78 is 67.3. The maximum Gasteiger partial charge on any atom is 0.453 e. The van der Waals surface area contributed by atoms with Crippen LogP contribution in [-0.2, 0) is 9.53 Å². The number of hydrogen-bond donors (Lipinski definition) is 0. The van der Waals surface area contributed by atoms with Crippen LogP contribution in [0.25, 0.3) is 0 Å². The fraction of sp³-hybridized carbons (Fsp3) is 0.833. The summed E-state index contributed by atoms with van der Waals surface area (Å²) in [5.41, 5.74) is 0. The summed E-state index contributed by atoms with van der Waals surface area (Å²) in [5.74, 6) is -5.83. The highest BCUT2D eigenvalue weighted by Gasteiger charge is 2.56. The number of rotatable bonds is 13. The van der Waals surface area contributed by atoms with Crippen LogP contribution < -0.4 is 0 Å². The second-order valence-electron chi connectivity index (χ2n) is 6.10. The first-order chi connectivity index (χ1) is 11.7. The molecular formula is C18H29F5O2. The van der Waals surface area contributed by atoms with Crippen LogP contribution in [0.1, 0.15) is 71.6 Å². The highest BCUT2D eigenvalue weighted by atomic mass is 19.4. The van der Waals surface area contributed by atoms with Gasteiger partial charge in [-0.05, 0) is 46.0 Å². The average molecular weight is 372 g/mol. The quantitative estimate of drug-likeness (QED) is 0.161. The molecule has 0 aliphatic heterocycles. The van der Waals surface area contributed by atoms with Crippen molar-refractivity contribution in [1.29, 1.82) is 0 Å². The number of alkyl halides is 5. The van der Waals surface area contributed by atoms with E-state index in [-0.39, 0.29) is 19.4 Å². The van der Waals surface area contributed by atoms with Gasteiger partial charge in [0, 0.05) is 6.42 Å². The van der Waals surface area contributed by atoms with E-state index in [0.717, 1.165) is 32.1 Å². The number of allylic oxidation sites excluding steroid dienone is 2. The third-order valence-corrected chi connectivity index (χ3v) is 3.99. The summed E-state index contributed by atoms with van der Waals surface area (Å²) in [6.45, 7) is 3.75. The number of carbonyl (C=O) groups excluding carboxylic acids is 1. The van der Waals surface area contributed by atoms with Gasteiger partial charge in [0.1, 0.15) is 0 Å². The maximum atomic E-state index is 12.9. The maximum absolute atomic E-state index is 12.9. The molecule has 0 aliphatic rings. The molecule has 0 rings (SSSR count). The molecule has 0 aliphatic carbocycles. The van der Waals surface area contributed by atoms with Crippen molar-refractivity contribution in [2.75, 3.05) is 6.61 Å². The third-order valence-electron chi connectivity index (χ3n) is 3.99. The van der Waals surface area contributed by atoms with Crippen molar-refractivity contribution in [3.63, 3.8) is 0 Å². The van der Waals surface area contributed by atoms with Crippen LogP contribution in [-0.4, -0.2) is 24.7 Å². The van der Waals surface area contributed by atoms with Gasteiger partial charge in [-0.25, -0.2) is 0 Å². The Bertz CT molecular complexity index is 391. The van der Waals surface area contributed by atoms with E-state index in [9.17, 15) is 26.7 Å². The van der Waals surface area contributed by atoms with Gasteiger partial charge >= 0.3 is 18.1 Å². The monoisotopic (exact) mass is 372 g/mol. The molecule has 0 saturated heterocycles. The Hall–Kier alpha value is -1.14. The fourth-order valence-corrected chi connectivity index (χ4v) is 2.53. The van der Waals surface area contributed by atoms with Gasteiger partial charge in [-0.3, -0.25) is 4.79 Å². The highest BCUT2D eigenvalue weighted by Crippen LogP contribution is 2.39. The standard InChI is InChI=1S/C18H29F5O2/c1-3-5-6-7-8-9-10-12-15(16(24)25-4-2)13-11-14-17(19,20)18(21,22)23/h3,5,15H,4,6-14H2,1-2H3. The van der Waals surface area contributed by atoms with Crippen LogP contribution in [0, 0.1) is 5.92 Å². The van der Waals surface area contributed by atoms with Crippen LogP contribution >= 0.6 is 0 Å². The van der Waals surface area contributed by atoms with E-state index in [1.165, 1.54) is 0 Å². The van der Waals surface area contributed by atoms with E-state index in [4.69, 9.17) is 4.74 Å². The van der Waals surface area contributed by atoms with Crippen molar-refractivity contribution in [2.45, 2.75) is 83.7 Å². The summed E-state index contributed by atoms with van der Waals surface area (Å²) in [7, 11) is 0. The van der Waals surface area contributed by atoms with E-state index in [0.29, 0.717) is 6.42 Å². The first-order valence-corrected chi connectivity index (χ1v) is 8.88. The molecule has 0 fully saturated rings. The molecule has 0 N–H and O–H groups in total. The SMILES string of the molecule is CC=CCCCCCCC(CCCC(F)(F)C(F)(F)F)C(=O)OCC. The van der Waals surface area contributed by atoms with Crippen LogP contribution in [0.5, 0.6) is 0 Å². The van der Waals surface area contributed by atoms with Crippen LogP contribution in [0.3, 0.4) is 0 Å². The lowest BCUT2D eigenvalue weighted by molar-refractivity contribution is -0.284. The zero-order valence-electron chi connectivity index (χ0n) is 15.0. The topological polar surface area (TPSA) is 26.3 Å². The molecule has 0 spiro atoms.